The number of aromatic nitrogens is 3. The van der Waals surface area contributed by atoms with E-state index < -0.39 is 5.41 Å². The van der Waals surface area contributed by atoms with Crippen molar-refractivity contribution in [1.29, 1.82) is 0 Å². The molecule has 11 rings (SSSR count). The topological polar surface area (TPSA) is 66.0 Å². The highest BCUT2D eigenvalue weighted by Gasteiger charge is 3.02. The number of ketones is 1. The molecular weight excluding hydrogens is 466 g/mol. The normalized spacial score (nSPS) is 50.3. The first-order valence-electron chi connectivity index (χ1n) is 12.6. The minimum atomic E-state index is -0.495. The van der Waals surface area contributed by atoms with Crippen LogP contribution >= 0.6 is 23.5 Å². The molecule has 9 aliphatic rings. The lowest BCUT2D eigenvalue weighted by atomic mass is 9.33. The maximum atomic E-state index is 14.5. The van der Waals surface area contributed by atoms with Gasteiger partial charge in [0.15, 0.2) is 0 Å². The largest absolute Gasteiger partial charge is 0.352 e. The molecule has 10 atom stereocenters. The minimum absolute atomic E-state index is 0.00414. The molecule has 6 fully saturated rings. The van der Waals surface area contributed by atoms with Gasteiger partial charge >= 0.3 is 11.4 Å². The van der Waals surface area contributed by atoms with Gasteiger partial charge in [-0.3, -0.25) is 4.79 Å². The quantitative estimate of drug-likeness (QED) is 0.577. The summed E-state index contributed by atoms with van der Waals surface area (Å²) < 4.78 is 4.84. The molecule has 0 unspecified atom stereocenters. The van der Waals surface area contributed by atoms with E-state index in [0.717, 1.165) is 11.5 Å². The predicted molar refractivity (Wildman–Crippen MR) is 129 cm³/mol. The first-order valence-corrected chi connectivity index (χ1v) is 14.6. The van der Waals surface area contributed by atoms with Crippen molar-refractivity contribution in [2.24, 2.45) is 46.3 Å². The number of fused-ring (bicyclic) bond motifs is 2. The molecule has 0 amide bonds. The molecule has 0 N–H and O–H groups in total. The Labute approximate surface area is 203 Å². The lowest BCUT2D eigenvalue weighted by Gasteiger charge is -2.76. The van der Waals surface area contributed by atoms with Crippen LogP contribution in [0.5, 0.6) is 0 Å². The smallest absolute Gasteiger partial charge is 0.299 e. The second-order valence-corrected chi connectivity index (χ2v) is 14.6. The number of benzene rings is 1. The Kier molecular flexibility index (Phi) is 2.76. The molecule has 3 spiro atoms. The summed E-state index contributed by atoms with van der Waals surface area (Å²) in [6, 6.07) is 8.73. The van der Waals surface area contributed by atoms with E-state index in [9.17, 15) is 14.4 Å². The van der Waals surface area contributed by atoms with E-state index in [-0.39, 0.29) is 38.9 Å². The van der Waals surface area contributed by atoms with Gasteiger partial charge in [0.1, 0.15) is 5.78 Å². The van der Waals surface area contributed by atoms with Gasteiger partial charge in [-0.25, -0.2) is 23.5 Å². The number of hydrogen-bond donors (Lipinski definition) is 0. The Bertz CT molecular complexity index is 1520. The molecule has 6 nitrogen and oxygen atoms in total. The second kappa shape index (κ2) is 5.12. The first kappa shape index (κ1) is 18.4. The molecule has 6 aliphatic carbocycles. The van der Waals surface area contributed by atoms with Gasteiger partial charge in [-0.1, -0.05) is 30.4 Å². The number of Topliss-reactive ketones (excluding diaryl/α,β-unsaturated/α-hetero) is 1. The molecule has 3 aliphatic heterocycles. The highest BCUT2D eigenvalue weighted by Crippen LogP contribution is 3.01. The standard InChI is InChI=1S/C26H23N3O3S2/c30-21-17-13-11-14-18(17)26(33-9-4-10-34-26)25-16-8-7-15(24(21,25)19(13)20(14)25)28-22(31)27(23(32)29(16)28)12-5-2-1-3-6-12/h1-3,5-8,13-20H,4,9-11H2/t13-,14+,15-,16+,17-,18+,19+,20-,24+,25+/m0/s1. The fourth-order valence-corrected chi connectivity index (χ4v) is 16.0. The molecule has 1 aromatic heterocycles. The fourth-order valence-electron chi connectivity index (χ4n) is 11.5. The maximum absolute atomic E-state index is 14.5. The number of thioether (sulfide) groups is 2. The first-order chi connectivity index (χ1) is 16.6. The van der Waals surface area contributed by atoms with Crippen LogP contribution in [-0.4, -0.2) is 35.3 Å². The van der Waals surface area contributed by atoms with Crippen LogP contribution < -0.4 is 11.4 Å². The number of allylic oxidation sites excluding steroid dienone is 2. The maximum Gasteiger partial charge on any atom is 0.352 e. The minimum Gasteiger partial charge on any atom is -0.299 e. The van der Waals surface area contributed by atoms with Crippen LogP contribution in [-0.2, 0) is 4.79 Å². The molecule has 8 heteroatoms. The van der Waals surface area contributed by atoms with E-state index in [4.69, 9.17) is 0 Å². The SMILES string of the molecule is O=C1[C@H]2[C@@H]3C[C@@H]4[C@H]2C2(SCCCS2)[C@]25[C@@H]4[C@@H]3[C@]12[C@@H]1C=C[C@H]5n2c(=O)n(-c3ccccc3)c(=O)n21. The Balaban J connectivity index is 1.34. The van der Waals surface area contributed by atoms with Crippen molar-refractivity contribution >= 4 is 29.3 Å². The third kappa shape index (κ3) is 1.31. The molecular formula is C26H23N3O3S2. The molecule has 4 heterocycles. The lowest BCUT2D eigenvalue weighted by molar-refractivity contribution is -0.240. The van der Waals surface area contributed by atoms with Gasteiger partial charge < -0.3 is 0 Å². The summed E-state index contributed by atoms with van der Waals surface area (Å²) in [5, 5.41) is 0. The predicted octanol–water partition coefficient (Wildman–Crippen LogP) is 2.73. The van der Waals surface area contributed by atoms with Crippen LogP contribution in [0, 0.1) is 46.3 Å². The number of hydrogen-bond acceptors (Lipinski definition) is 5. The van der Waals surface area contributed by atoms with Crippen LogP contribution in [0.1, 0.15) is 24.9 Å². The summed E-state index contributed by atoms with van der Waals surface area (Å²) in [5.41, 5.74) is -0.659. The Morgan fingerprint density at radius 2 is 1.53 bits per heavy atom. The molecule has 1 saturated heterocycles. The van der Waals surface area contributed by atoms with E-state index in [1.54, 1.807) is 9.36 Å². The van der Waals surface area contributed by atoms with E-state index in [1.807, 2.05) is 30.3 Å². The van der Waals surface area contributed by atoms with Crippen molar-refractivity contribution in [2.75, 3.05) is 11.5 Å². The average Bonchev–Trinajstić information content (AvgIpc) is 3.49. The van der Waals surface area contributed by atoms with Gasteiger partial charge in [0, 0.05) is 11.3 Å². The van der Waals surface area contributed by atoms with E-state index >= 15 is 0 Å². The highest BCUT2D eigenvalue weighted by atomic mass is 32.2. The van der Waals surface area contributed by atoms with Crippen LogP contribution in [0.15, 0.2) is 52.1 Å². The summed E-state index contributed by atoms with van der Waals surface area (Å²) in [6.45, 7) is 0. The van der Waals surface area contributed by atoms with Gasteiger partial charge in [0.05, 0.1) is 27.3 Å². The molecule has 4 bridgehead atoms. The zero-order chi connectivity index (χ0) is 22.4. The Morgan fingerprint density at radius 3 is 2.29 bits per heavy atom. The molecule has 2 aromatic rings. The molecule has 1 aromatic carbocycles. The average molecular weight is 490 g/mol. The van der Waals surface area contributed by atoms with E-state index in [1.165, 1.54) is 17.4 Å². The molecule has 5 saturated carbocycles. The summed E-state index contributed by atoms with van der Waals surface area (Å²) in [5.74, 6) is 5.44. The van der Waals surface area contributed by atoms with Crippen LogP contribution in [0.3, 0.4) is 0 Å². The monoisotopic (exact) mass is 489 g/mol. The molecule has 172 valence electrons. The summed E-state index contributed by atoms with van der Waals surface area (Å²) >= 11 is 4.26. The third-order valence-electron chi connectivity index (χ3n) is 11.5. The van der Waals surface area contributed by atoms with Gasteiger partial charge in [-0.15, -0.1) is 23.5 Å². The molecule has 0 radical (unpaired) electrons. The fraction of sp³-hybridized carbons (Fsp3) is 0.577. The van der Waals surface area contributed by atoms with Gasteiger partial charge in [0.2, 0.25) is 0 Å². The van der Waals surface area contributed by atoms with Gasteiger partial charge in [-0.2, -0.15) is 0 Å². The van der Waals surface area contributed by atoms with Crippen molar-refractivity contribution in [3.05, 3.63) is 63.5 Å². The van der Waals surface area contributed by atoms with Crippen LogP contribution in [0.2, 0.25) is 0 Å². The second-order valence-electron chi connectivity index (χ2n) is 11.7. The lowest BCUT2D eigenvalue weighted by Crippen LogP contribution is -2.81. The van der Waals surface area contributed by atoms with Gasteiger partial charge in [0.25, 0.3) is 0 Å². The third-order valence-corrected chi connectivity index (χ3v) is 15.3. The zero-order valence-corrected chi connectivity index (χ0v) is 20.0. The molecule has 34 heavy (non-hydrogen) atoms. The van der Waals surface area contributed by atoms with Gasteiger partial charge in [-0.05, 0) is 66.1 Å². The summed E-state index contributed by atoms with van der Waals surface area (Å²) in [7, 11) is 0. The van der Waals surface area contributed by atoms with Crippen molar-refractivity contribution < 1.29 is 4.79 Å². The number of nitrogens with zero attached hydrogens (tertiary/aromatic N) is 3. The van der Waals surface area contributed by atoms with Crippen molar-refractivity contribution in [1.82, 2.24) is 13.9 Å². The van der Waals surface area contributed by atoms with Crippen LogP contribution in [0.25, 0.3) is 5.69 Å². The van der Waals surface area contributed by atoms with Crippen molar-refractivity contribution in [3.63, 3.8) is 0 Å². The summed E-state index contributed by atoms with van der Waals surface area (Å²) in [4.78, 5) is 42.4. The van der Waals surface area contributed by atoms with E-state index in [0.29, 0.717) is 41.1 Å². The Hall–Kier alpha value is -1.93. The van der Waals surface area contributed by atoms with Crippen LogP contribution in [0.4, 0.5) is 0 Å². The zero-order valence-electron chi connectivity index (χ0n) is 18.4. The number of carbonyl (C=O) groups excluding carboxylic acids is 1. The van der Waals surface area contributed by atoms with E-state index in [2.05, 4.69) is 35.7 Å². The Morgan fingerprint density at radius 1 is 0.824 bits per heavy atom. The number of carbonyl (C=O) groups is 1. The number of para-hydroxylation sites is 1. The summed E-state index contributed by atoms with van der Waals surface area (Å²) in [6.07, 6.45) is 6.77. The van der Waals surface area contributed by atoms with Crippen molar-refractivity contribution in [3.8, 4) is 5.69 Å². The van der Waals surface area contributed by atoms with Crippen molar-refractivity contribution in [2.45, 2.75) is 29.0 Å². The highest BCUT2D eigenvalue weighted by molar-refractivity contribution is 8.18. The number of rotatable bonds is 1.